The fourth-order valence-corrected chi connectivity index (χ4v) is 7.66. The number of hydrogen-bond donors (Lipinski definition) is 0. The highest BCUT2D eigenvalue weighted by atomic mass is 32.2. The van der Waals surface area contributed by atoms with E-state index in [1.54, 1.807) is 11.8 Å². The van der Waals surface area contributed by atoms with Gasteiger partial charge in [0.25, 0.3) is 0 Å². The van der Waals surface area contributed by atoms with E-state index >= 15 is 0 Å². The summed E-state index contributed by atoms with van der Waals surface area (Å²) in [4.78, 5) is 17.4. The Labute approximate surface area is 272 Å². The maximum atomic E-state index is 9.52. The van der Waals surface area contributed by atoms with Gasteiger partial charge in [0.1, 0.15) is 0 Å². The molecule has 7 aromatic rings. The van der Waals surface area contributed by atoms with E-state index in [4.69, 9.17) is 15.0 Å². The standard InChI is InChI=1S/C41H28N4S/c1-41(2)34-23-26(25-42)15-21-36(34)46-37-22-20-31(24-35(37)41)27-16-18-30(19-17-27)39-43-38(29-10-4-3-5-11-29)44-40(45-39)33-14-8-12-28-9-6-7-13-32(28)33/h3-24H,1-2H3. The first-order valence-corrected chi connectivity index (χ1v) is 16.1. The number of aromatic nitrogens is 3. The van der Waals surface area contributed by atoms with E-state index in [0.717, 1.165) is 38.6 Å². The van der Waals surface area contributed by atoms with Crippen molar-refractivity contribution in [2.45, 2.75) is 29.1 Å². The second-order valence-corrected chi connectivity index (χ2v) is 13.1. The van der Waals surface area contributed by atoms with Crippen molar-refractivity contribution in [2.75, 3.05) is 0 Å². The normalized spacial score (nSPS) is 13.1. The van der Waals surface area contributed by atoms with E-state index in [2.05, 4.69) is 98.8 Å². The summed E-state index contributed by atoms with van der Waals surface area (Å²) in [6, 6.07) is 48.2. The monoisotopic (exact) mass is 608 g/mol. The minimum absolute atomic E-state index is 0.227. The summed E-state index contributed by atoms with van der Waals surface area (Å²) in [5.41, 5.74) is 8.06. The van der Waals surface area contributed by atoms with Crippen LogP contribution < -0.4 is 0 Å². The highest BCUT2D eigenvalue weighted by Crippen LogP contribution is 2.50. The Morgan fingerprint density at radius 2 is 1.13 bits per heavy atom. The molecule has 8 rings (SSSR count). The van der Waals surface area contributed by atoms with Crippen LogP contribution in [0.3, 0.4) is 0 Å². The molecule has 0 saturated heterocycles. The van der Waals surface area contributed by atoms with Gasteiger partial charge in [0, 0.05) is 31.9 Å². The molecule has 0 fully saturated rings. The lowest BCUT2D eigenvalue weighted by atomic mass is 9.76. The van der Waals surface area contributed by atoms with Crippen molar-refractivity contribution in [3.8, 4) is 51.4 Å². The molecule has 0 saturated carbocycles. The van der Waals surface area contributed by atoms with Crippen LogP contribution in [-0.4, -0.2) is 15.0 Å². The molecule has 4 nitrogen and oxygen atoms in total. The first-order valence-electron chi connectivity index (χ1n) is 15.3. The van der Waals surface area contributed by atoms with E-state index in [9.17, 15) is 5.26 Å². The van der Waals surface area contributed by atoms with Gasteiger partial charge in [0.05, 0.1) is 11.6 Å². The molecule has 0 radical (unpaired) electrons. The van der Waals surface area contributed by atoms with Crippen molar-refractivity contribution in [3.05, 3.63) is 150 Å². The van der Waals surface area contributed by atoms with Gasteiger partial charge < -0.3 is 0 Å². The third-order valence-corrected chi connectivity index (χ3v) is 9.98. The molecule has 1 aliphatic heterocycles. The Bertz CT molecular complexity index is 2310. The summed E-state index contributed by atoms with van der Waals surface area (Å²) in [7, 11) is 0. The van der Waals surface area contributed by atoms with Crippen molar-refractivity contribution in [3.63, 3.8) is 0 Å². The van der Waals surface area contributed by atoms with Gasteiger partial charge in [0.15, 0.2) is 17.5 Å². The van der Waals surface area contributed by atoms with E-state index in [0.29, 0.717) is 23.0 Å². The van der Waals surface area contributed by atoms with Gasteiger partial charge in [-0.05, 0) is 63.4 Å². The van der Waals surface area contributed by atoms with Gasteiger partial charge >= 0.3 is 0 Å². The largest absolute Gasteiger partial charge is 0.208 e. The molecule has 0 N–H and O–H groups in total. The molecule has 0 bridgehead atoms. The van der Waals surface area contributed by atoms with Crippen molar-refractivity contribution < 1.29 is 0 Å². The van der Waals surface area contributed by atoms with Gasteiger partial charge in [0.2, 0.25) is 0 Å². The second-order valence-electron chi connectivity index (χ2n) is 12.0. The predicted octanol–water partition coefficient (Wildman–Crippen LogP) is 10.4. The Kier molecular flexibility index (Phi) is 6.74. The first kappa shape index (κ1) is 27.9. The van der Waals surface area contributed by atoms with Crippen LogP contribution in [0.2, 0.25) is 0 Å². The van der Waals surface area contributed by atoms with E-state index in [1.165, 1.54) is 20.9 Å². The molecular weight excluding hydrogens is 581 g/mol. The maximum Gasteiger partial charge on any atom is 0.164 e. The van der Waals surface area contributed by atoms with Crippen LogP contribution in [0.25, 0.3) is 56.1 Å². The number of nitriles is 1. The Balaban J connectivity index is 1.19. The van der Waals surface area contributed by atoms with Crippen molar-refractivity contribution in [1.29, 1.82) is 5.26 Å². The molecule has 1 aromatic heterocycles. The zero-order valence-electron chi connectivity index (χ0n) is 25.4. The maximum absolute atomic E-state index is 9.52. The van der Waals surface area contributed by atoms with Crippen LogP contribution in [0.5, 0.6) is 0 Å². The lowest BCUT2D eigenvalue weighted by molar-refractivity contribution is 0.607. The van der Waals surface area contributed by atoms with E-state index < -0.39 is 0 Å². The van der Waals surface area contributed by atoms with Gasteiger partial charge in [-0.2, -0.15) is 5.26 Å². The van der Waals surface area contributed by atoms with Gasteiger partial charge in [-0.3, -0.25) is 0 Å². The summed E-state index contributed by atoms with van der Waals surface area (Å²) < 4.78 is 0. The molecular formula is C41H28N4S. The molecule has 0 aliphatic carbocycles. The highest BCUT2D eigenvalue weighted by molar-refractivity contribution is 7.99. The van der Waals surface area contributed by atoms with Crippen LogP contribution in [-0.2, 0) is 5.41 Å². The van der Waals surface area contributed by atoms with Gasteiger partial charge in [-0.15, -0.1) is 0 Å². The van der Waals surface area contributed by atoms with Gasteiger partial charge in [-0.1, -0.05) is 129 Å². The summed E-state index contributed by atoms with van der Waals surface area (Å²) in [5.74, 6) is 1.93. The van der Waals surface area contributed by atoms with Crippen LogP contribution in [0.4, 0.5) is 0 Å². The summed E-state index contributed by atoms with van der Waals surface area (Å²) >= 11 is 1.78. The van der Waals surface area contributed by atoms with Crippen LogP contribution in [0.1, 0.15) is 30.5 Å². The fraction of sp³-hybridized carbons (Fsp3) is 0.0732. The van der Waals surface area contributed by atoms with Crippen molar-refractivity contribution in [1.82, 2.24) is 15.0 Å². The summed E-state index contributed by atoms with van der Waals surface area (Å²) in [6.45, 7) is 4.49. The summed E-state index contributed by atoms with van der Waals surface area (Å²) in [5, 5.41) is 11.8. The van der Waals surface area contributed by atoms with Crippen LogP contribution >= 0.6 is 11.8 Å². The molecule has 6 aromatic carbocycles. The van der Waals surface area contributed by atoms with Crippen LogP contribution in [0.15, 0.2) is 143 Å². The lowest BCUT2D eigenvalue weighted by Gasteiger charge is -2.35. The topological polar surface area (TPSA) is 62.5 Å². The minimum atomic E-state index is -0.227. The first-order chi connectivity index (χ1) is 22.5. The molecule has 0 unspecified atom stereocenters. The number of fused-ring (bicyclic) bond motifs is 3. The minimum Gasteiger partial charge on any atom is -0.208 e. The quantitative estimate of drug-likeness (QED) is 0.199. The van der Waals surface area contributed by atoms with Crippen LogP contribution in [0, 0.1) is 11.3 Å². The molecule has 46 heavy (non-hydrogen) atoms. The Morgan fingerprint density at radius 3 is 1.89 bits per heavy atom. The third kappa shape index (κ3) is 4.84. The number of hydrogen-bond acceptors (Lipinski definition) is 5. The smallest absolute Gasteiger partial charge is 0.164 e. The lowest BCUT2D eigenvalue weighted by Crippen LogP contribution is -2.24. The van der Waals surface area contributed by atoms with Gasteiger partial charge in [-0.25, -0.2) is 15.0 Å². The Hall–Kier alpha value is -5.57. The SMILES string of the molecule is CC1(C)c2cc(C#N)ccc2Sc2ccc(-c3ccc(-c4nc(-c5ccccc5)nc(-c5cccc6ccccc56)n4)cc3)cc21. The molecule has 0 amide bonds. The Morgan fingerprint density at radius 1 is 0.543 bits per heavy atom. The molecule has 0 spiro atoms. The van der Waals surface area contributed by atoms with Crippen molar-refractivity contribution >= 4 is 22.5 Å². The second kappa shape index (κ2) is 11.1. The zero-order valence-corrected chi connectivity index (χ0v) is 26.2. The fourth-order valence-electron chi connectivity index (χ4n) is 6.30. The third-order valence-electron chi connectivity index (χ3n) is 8.83. The number of rotatable bonds is 4. The summed E-state index contributed by atoms with van der Waals surface area (Å²) in [6.07, 6.45) is 0. The van der Waals surface area contributed by atoms with E-state index in [-0.39, 0.29) is 5.41 Å². The highest BCUT2D eigenvalue weighted by Gasteiger charge is 2.33. The zero-order chi connectivity index (χ0) is 31.3. The molecule has 2 heterocycles. The molecule has 1 aliphatic rings. The predicted molar refractivity (Wildman–Crippen MR) is 186 cm³/mol. The molecule has 218 valence electrons. The molecule has 0 atom stereocenters. The number of nitrogens with zero attached hydrogens (tertiary/aromatic N) is 4. The average Bonchev–Trinajstić information content (AvgIpc) is 3.11. The van der Waals surface area contributed by atoms with E-state index in [1.807, 2.05) is 54.6 Å². The van der Waals surface area contributed by atoms with Crippen molar-refractivity contribution in [2.24, 2.45) is 0 Å². The molecule has 5 heteroatoms. The number of benzene rings is 6. The average molecular weight is 609 g/mol.